The first-order valence-electron chi connectivity index (χ1n) is 2.84. The number of halogens is 1. The third-order valence-electron chi connectivity index (χ3n) is 0.577. The first-order chi connectivity index (χ1) is 4.13. The summed E-state index contributed by atoms with van der Waals surface area (Å²) in [6.45, 7) is 8.42. The molecule has 0 amide bonds. The van der Waals surface area contributed by atoms with Gasteiger partial charge < -0.3 is 0 Å². The first-order valence-corrected chi connectivity index (χ1v) is 6.74. The van der Waals surface area contributed by atoms with Gasteiger partial charge in [-0.3, -0.25) is 0 Å². The fourth-order valence-corrected chi connectivity index (χ4v) is 0.577. The van der Waals surface area contributed by atoms with Gasteiger partial charge in [0.05, 0.1) is 0 Å². The maximum atomic E-state index is 4.76. The van der Waals surface area contributed by atoms with Crippen molar-refractivity contribution in [3.8, 4) is 0 Å². The van der Waals surface area contributed by atoms with Gasteiger partial charge in [0, 0.05) is 0 Å². The Balaban J connectivity index is 0. The second-order valence-corrected chi connectivity index (χ2v) is 2.30. The molecule has 0 fully saturated rings. The molecule has 50 valence electrons. The van der Waals surface area contributed by atoms with Gasteiger partial charge in [-0.25, -0.2) is 17.6 Å². The van der Waals surface area contributed by atoms with Gasteiger partial charge >= 0.3 is 27.0 Å². The fourth-order valence-electron chi connectivity index (χ4n) is 0.577. The van der Waals surface area contributed by atoms with Gasteiger partial charge in [-0.1, -0.05) is 0 Å². The molecule has 0 aliphatic carbocycles. The van der Waals surface area contributed by atoms with E-state index in [1.54, 1.807) is 0 Å². The van der Waals surface area contributed by atoms with Crippen molar-refractivity contribution < 1.29 is 17.3 Å². The summed E-state index contributed by atoms with van der Waals surface area (Å²) in [4.78, 5) is 0. The van der Waals surface area contributed by atoms with Crippen molar-refractivity contribution in [2.45, 2.75) is 27.7 Å². The summed E-state index contributed by atoms with van der Waals surface area (Å²) in [6.07, 6.45) is 2.17. The third-order valence-corrected chi connectivity index (χ3v) is 0.577. The maximum absolute atomic E-state index is 4.76. The molecule has 0 rings (SSSR count). The van der Waals surface area contributed by atoms with E-state index in [0.717, 1.165) is 17.3 Å². The van der Waals surface area contributed by atoms with E-state index in [4.69, 9.17) is 9.69 Å². The first kappa shape index (κ1) is 12.2. The summed E-state index contributed by atoms with van der Waals surface area (Å²) in [6, 6.07) is 0. The number of rotatable bonds is 1. The van der Waals surface area contributed by atoms with E-state index >= 15 is 0 Å². The van der Waals surface area contributed by atoms with Crippen LogP contribution in [0.5, 0.6) is 0 Å². The molecule has 0 saturated carbocycles. The van der Waals surface area contributed by atoms with Crippen LogP contribution >= 0.6 is 9.69 Å². The molecule has 0 aromatic heterocycles. The molecule has 9 heavy (non-hydrogen) atoms. The Morgan fingerprint density at radius 2 is 1.67 bits per heavy atom. The van der Waals surface area contributed by atoms with Crippen LogP contribution in [0.25, 0.3) is 0 Å². The number of allylic oxidation sites excluding steroid dienone is 2. The zero-order chi connectivity index (χ0) is 7.86. The van der Waals surface area contributed by atoms with E-state index in [0.29, 0.717) is 0 Å². The minimum atomic E-state index is 0.847. The quantitative estimate of drug-likeness (QED) is 0.448. The second-order valence-electron chi connectivity index (χ2n) is 2.30. The van der Waals surface area contributed by atoms with E-state index < -0.39 is 0 Å². The van der Waals surface area contributed by atoms with Crippen molar-refractivity contribution >= 4 is 9.69 Å². The van der Waals surface area contributed by atoms with E-state index in [9.17, 15) is 0 Å². The summed E-state index contributed by atoms with van der Waals surface area (Å²) in [5, 5.41) is 0. The van der Waals surface area contributed by atoms with Gasteiger partial charge in [0.2, 0.25) is 0 Å². The Morgan fingerprint density at radius 1 is 1.33 bits per heavy atom. The summed E-state index contributed by atoms with van der Waals surface area (Å²) in [5.41, 5.74) is 1.38. The molecule has 0 aliphatic heterocycles. The van der Waals surface area contributed by atoms with Crippen LogP contribution in [-0.2, 0) is 17.3 Å². The molecule has 0 atom stereocenters. The molecule has 0 heterocycles. The van der Waals surface area contributed by atoms with Crippen LogP contribution in [-0.4, -0.2) is 0 Å². The monoisotopic (exact) mass is 196 g/mol. The van der Waals surface area contributed by atoms with E-state index in [-0.39, 0.29) is 0 Å². The average molecular weight is 198 g/mol. The van der Waals surface area contributed by atoms with Gasteiger partial charge in [0.15, 0.2) is 0 Å². The van der Waals surface area contributed by atoms with Crippen LogP contribution in [0.3, 0.4) is 0 Å². The van der Waals surface area contributed by atoms with Crippen molar-refractivity contribution in [2.24, 2.45) is 0 Å². The zero-order valence-electron chi connectivity index (χ0n) is 6.66. The SMILES string of the molecule is CC(C)=C[C-](C)C.[Cl][Zn+]. The van der Waals surface area contributed by atoms with Crippen molar-refractivity contribution in [3.63, 3.8) is 0 Å². The Kier molecular flexibility index (Phi) is 11.6. The van der Waals surface area contributed by atoms with Crippen LogP contribution in [0.2, 0.25) is 0 Å². The molecule has 0 saturated heterocycles. The molecule has 0 unspecified atom stereocenters. The predicted octanol–water partition coefficient (Wildman–Crippen LogP) is 3.25. The Morgan fingerprint density at radius 3 is 1.67 bits per heavy atom. The van der Waals surface area contributed by atoms with Gasteiger partial charge in [-0.2, -0.15) is 0 Å². The van der Waals surface area contributed by atoms with Gasteiger partial charge in [0.1, 0.15) is 0 Å². The van der Waals surface area contributed by atoms with Crippen molar-refractivity contribution in [3.05, 3.63) is 17.6 Å². The molecule has 0 aromatic rings. The summed E-state index contributed by atoms with van der Waals surface area (Å²) in [5.74, 6) is 1.38. The van der Waals surface area contributed by atoms with Crippen LogP contribution < -0.4 is 0 Å². The minimum absolute atomic E-state index is 0.847. The Hall–Kier alpha value is 0.523. The molecular weight excluding hydrogens is 185 g/mol. The number of hydrogen-bond donors (Lipinski definition) is 0. The molecule has 0 nitrogen and oxygen atoms in total. The molecule has 2 heteroatoms. The predicted molar refractivity (Wildman–Crippen MR) is 39.9 cm³/mol. The second kappa shape index (κ2) is 8.52. The van der Waals surface area contributed by atoms with Crippen LogP contribution in [0.4, 0.5) is 0 Å². The summed E-state index contributed by atoms with van der Waals surface area (Å²) < 4.78 is 0. The zero-order valence-corrected chi connectivity index (χ0v) is 10.4. The van der Waals surface area contributed by atoms with Crippen molar-refractivity contribution in [1.29, 1.82) is 0 Å². The normalized spacial score (nSPS) is 7.00. The summed E-state index contributed by atoms with van der Waals surface area (Å²) >= 11 is 0.847. The van der Waals surface area contributed by atoms with E-state index in [1.807, 2.05) is 0 Å². The number of hydrogen-bond acceptors (Lipinski definition) is 0. The van der Waals surface area contributed by atoms with Gasteiger partial charge in [0.25, 0.3) is 0 Å². The van der Waals surface area contributed by atoms with Gasteiger partial charge in [-0.05, 0) is 0 Å². The molecule has 0 N–H and O–H groups in total. The van der Waals surface area contributed by atoms with Crippen LogP contribution in [0, 0.1) is 5.92 Å². The topological polar surface area (TPSA) is 0 Å². The van der Waals surface area contributed by atoms with Gasteiger partial charge in [-0.15, -0.1) is 27.7 Å². The molecule has 0 aliphatic rings. The molecule has 0 radical (unpaired) electrons. The molecule has 0 spiro atoms. The molecule has 0 aromatic carbocycles. The Bertz CT molecular complexity index is 73.0. The van der Waals surface area contributed by atoms with Crippen LogP contribution in [0.1, 0.15) is 27.7 Å². The van der Waals surface area contributed by atoms with Crippen molar-refractivity contribution in [1.82, 2.24) is 0 Å². The fraction of sp³-hybridized carbons (Fsp3) is 0.571. The summed E-state index contributed by atoms with van der Waals surface area (Å²) in [7, 11) is 4.76. The Labute approximate surface area is 72.4 Å². The molecule has 0 bridgehead atoms. The standard InChI is InChI=1S/C7H13.ClH.Zn/c1-6(2)5-7(3)4;;/h5H,1-4H3;1H;/q-1;;+2/p-1. The average Bonchev–Trinajstić information content (AvgIpc) is 1.68. The van der Waals surface area contributed by atoms with E-state index in [2.05, 4.69) is 33.8 Å². The van der Waals surface area contributed by atoms with E-state index in [1.165, 1.54) is 11.5 Å². The van der Waals surface area contributed by atoms with Crippen molar-refractivity contribution in [2.75, 3.05) is 0 Å². The third kappa shape index (κ3) is 17.7. The van der Waals surface area contributed by atoms with Crippen LogP contribution in [0.15, 0.2) is 11.6 Å². The molecular formula is C7H13ClZn.